The van der Waals surface area contributed by atoms with Gasteiger partial charge in [-0.05, 0) is 31.2 Å². The van der Waals surface area contributed by atoms with Crippen LogP contribution in [0.25, 0.3) is 0 Å². The predicted octanol–water partition coefficient (Wildman–Crippen LogP) is 2.96. The fourth-order valence-electron chi connectivity index (χ4n) is 3.57. The van der Waals surface area contributed by atoms with Gasteiger partial charge in [0.1, 0.15) is 5.82 Å². The molecular formula is C22H25FN4O5. The van der Waals surface area contributed by atoms with Crippen LogP contribution in [0.5, 0.6) is 0 Å². The number of nitro benzene ring substituents is 1. The SMILES string of the molecule is COCCNc1ccc([N+](=O)[O-])cc1C(=O)N1CCN(c2ccc(C(C)=O)cc2F)CC1. The Labute approximate surface area is 184 Å². The molecular weight excluding hydrogens is 419 g/mol. The van der Waals surface area contributed by atoms with E-state index in [4.69, 9.17) is 4.74 Å². The number of benzene rings is 2. The first-order chi connectivity index (χ1) is 15.3. The summed E-state index contributed by atoms with van der Waals surface area (Å²) < 4.78 is 19.5. The molecule has 1 heterocycles. The Hall–Kier alpha value is -3.53. The number of hydrogen-bond acceptors (Lipinski definition) is 7. The maximum atomic E-state index is 14.5. The molecule has 1 N–H and O–H groups in total. The number of amides is 1. The van der Waals surface area contributed by atoms with Crippen LogP contribution >= 0.6 is 0 Å². The van der Waals surface area contributed by atoms with Crippen LogP contribution in [0.2, 0.25) is 0 Å². The highest BCUT2D eigenvalue weighted by Gasteiger charge is 2.26. The summed E-state index contributed by atoms with van der Waals surface area (Å²) in [4.78, 5) is 38.7. The highest BCUT2D eigenvalue weighted by atomic mass is 19.1. The predicted molar refractivity (Wildman–Crippen MR) is 118 cm³/mol. The molecule has 10 heteroatoms. The fourth-order valence-corrected chi connectivity index (χ4v) is 3.57. The summed E-state index contributed by atoms with van der Waals surface area (Å²) in [5.74, 6) is -1.03. The molecule has 32 heavy (non-hydrogen) atoms. The number of piperazine rings is 1. The standard InChI is InChI=1S/C22H25FN4O5/c1-15(28)16-3-6-21(19(23)13-16)25-8-10-26(11-9-25)22(29)18-14-17(27(30)31)4-5-20(18)24-7-12-32-2/h3-6,13-14,24H,7-12H2,1-2H3. The monoisotopic (exact) mass is 444 g/mol. The number of nitrogens with zero attached hydrogens (tertiary/aromatic N) is 3. The van der Waals surface area contributed by atoms with Crippen molar-refractivity contribution < 1.29 is 23.6 Å². The average Bonchev–Trinajstić information content (AvgIpc) is 2.79. The minimum atomic E-state index is -0.541. The van der Waals surface area contributed by atoms with Crippen LogP contribution < -0.4 is 10.2 Å². The second-order valence-corrected chi connectivity index (χ2v) is 7.41. The molecule has 1 aliphatic heterocycles. The first-order valence-electron chi connectivity index (χ1n) is 10.2. The van der Waals surface area contributed by atoms with E-state index in [1.807, 2.05) is 4.90 Å². The topological polar surface area (TPSA) is 105 Å². The third kappa shape index (κ3) is 5.20. The summed E-state index contributed by atoms with van der Waals surface area (Å²) in [5.41, 5.74) is 1.21. The molecule has 1 saturated heterocycles. The second-order valence-electron chi connectivity index (χ2n) is 7.41. The van der Waals surface area contributed by atoms with Gasteiger partial charge in [-0.15, -0.1) is 0 Å². The van der Waals surface area contributed by atoms with Gasteiger partial charge in [0.15, 0.2) is 5.78 Å². The van der Waals surface area contributed by atoms with Gasteiger partial charge >= 0.3 is 0 Å². The van der Waals surface area contributed by atoms with Crippen LogP contribution in [-0.4, -0.2) is 68.0 Å². The Balaban J connectivity index is 1.74. The molecule has 0 aliphatic carbocycles. The lowest BCUT2D eigenvalue weighted by Crippen LogP contribution is -2.49. The molecule has 3 rings (SSSR count). The minimum Gasteiger partial charge on any atom is -0.383 e. The molecule has 170 valence electrons. The number of halogens is 1. The summed E-state index contributed by atoms with van der Waals surface area (Å²) >= 11 is 0. The maximum Gasteiger partial charge on any atom is 0.270 e. The van der Waals surface area contributed by atoms with Crippen LogP contribution in [-0.2, 0) is 4.74 Å². The summed E-state index contributed by atoms with van der Waals surface area (Å²) in [6.45, 7) is 3.67. The number of non-ortho nitro benzene ring substituents is 1. The van der Waals surface area contributed by atoms with E-state index in [1.54, 1.807) is 24.1 Å². The van der Waals surface area contributed by atoms with Crippen molar-refractivity contribution in [2.45, 2.75) is 6.92 Å². The van der Waals surface area contributed by atoms with Crippen LogP contribution in [0.1, 0.15) is 27.6 Å². The second kappa shape index (κ2) is 10.2. The van der Waals surface area contributed by atoms with Crippen molar-refractivity contribution in [2.24, 2.45) is 0 Å². The van der Waals surface area contributed by atoms with Gasteiger partial charge in [0.25, 0.3) is 11.6 Å². The van der Waals surface area contributed by atoms with Crippen molar-refractivity contribution in [3.63, 3.8) is 0 Å². The number of anilines is 2. The van der Waals surface area contributed by atoms with E-state index in [0.717, 1.165) is 0 Å². The van der Waals surface area contributed by atoms with Crippen molar-refractivity contribution in [3.05, 3.63) is 63.5 Å². The van der Waals surface area contributed by atoms with E-state index in [-0.39, 0.29) is 22.9 Å². The molecule has 2 aromatic rings. The lowest BCUT2D eigenvalue weighted by atomic mass is 10.1. The van der Waals surface area contributed by atoms with Gasteiger partial charge in [-0.2, -0.15) is 0 Å². The lowest BCUT2D eigenvalue weighted by molar-refractivity contribution is -0.384. The molecule has 0 spiro atoms. The first-order valence-corrected chi connectivity index (χ1v) is 10.2. The zero-order valence-corrected chi connectivity index (χ0v) is 18.0. The molecule has 1 amide bonds. The molecule has 0 radical (unpaired) electrons. The van der Waals surface area contributed by atoms with E-state index in [1.165, 1.54) is 31.2 Å². The molecule has 1 fully saturated rings. The molecule has 0 atom stereocenters. The molecule has 0 aromatic heterocycles. The van der Waals surface area contributed by atoms with Gasteiger partial charge in [-0.3, -0.25) is 19.7 Å². The average molecular weight is 444 g/mol. The Bertz CT molecular complexity index is 1020. The van der Waals surface area contributed by atoms with Crippen molar-refractivity contribution in [1.29, 1.82) is 0 Å². The van der Waals surface area contributed by atoms with E-state index < -0.39 is 10.7 Å². The summed E-state index contributed by atoms with van der Waals surface area (Å²) in [6.07, 6.45) is 0. The van der Waals surface area contributed by atoms with Gasteiger partial charge in [0.05, 0.1) is 22.8 Å². The highest BCUT2D eigenvalue weighted by molar-refractivity contribution is 6.00. The van der Waals surface area contributed by atoms with Crippen molar-refractivity contribution in [1.82, 2.24) is 4.90 Å². The van der Waals surface area contributed by atoms with Crippen LogP contribution in [0, 0.1) is 15.9 Å². The number of hydrogen-bond donors (Lipinski definition) is 1. The van der Waals surface area contributed by atoms with Crippen molar-refractivity contribution in [2.75, 3.05) is 56.7 Å². The van der Waals surface area contributed by atoms with Crippen molar-refractivity contribution >= 4 is 28.8 Å². The summed E-state index contributed by atoms with van der Waals surface area (Å²) in [6, 6.07) is 8.50. The number of Topliss-reactive ketones (excluding diaryl/α,β-unsaturated/α-hetero) is 1. The van der Waals surface area contributed by atoms with Gasteiger partial charge < -0.3 is 19.9 Å². The Morgan fingerprint density at radius 1 is 1.16 bits per heavy atom. The number of carbonyl (C=O) groups excluding carboxylic acids is 2. The highest BCUT2D eigenvalue weighted by Crippen LogP contribution is 2.26. The largest absolute Gasteiger partial charge is 0.383 e. The van der Waals surface area contributed by atoms with E-state index in [0.29, 0.717) is 56.3 Å². The number of rotatable bonds is 8. The Morgan fingerprint density at radius 2 is 1.88 bits per heavy atom. The van der Waals surface area contributed by atoms with Crippen LogP contribution in [0.3, 0.4) is 0 Å². The van der Waals surface area contributed by atoms with Gasteiger partial charge in [0.2, 0.25) is 0 Å². The third-order valence-corrected chi connectivity index (χ3v) is 5.33. The number of nitrogens with one attached hydrogen (secondary N) is 1. The molecule has 2 aromatic carbocycles. The first kappa shape index (κ1) is 23.1. The van der Waals surface area contributed by atoms with E-state index in [9.17, 15) is 24.1 Å². The fraction of sp³-hybridized carbons (Fsp3) is 0.364. The van der Waals surface area contributed by atoms with Crippen molar-refractivity contribution in [3.8, 4) is 0 Å². The zero-order valence-electron chi connectivity index (χ0n) is 18.0. The van der Waals surface area contributed by atoms with Gasteiger partial charge in [-0.1, -0.05) is 0 Å². The van der Waals surface area contributed by atoms with Crippen LogP contribution in [0.4, 0.5) is 21.5 Å². The number of ether oxygens (including phenoxy) is 1. The smallest absolute Gasteiger partial charge is 0.270 e. The molecule has 0 unspecified atom stereocenters. The Morgan fingerprint density at radius 3 is 2.47 bits per heavy atom. The van der Waals surface area contributed by atoms with Gasteiger partial charge in [0, 0.05) is 63.2 Å². The summed E-state index contributed by atoms with van der Waals surface area (Å²) in [7, 11) is 1.56. The normalized spacial score (nSPS) is 13.7. The van der Waals surface area contributed by atoms with Gasteiger partial charge in [-0.25, -0.2) is 4.39 Å². The molecule has 9 nitrogen and oxygen atoms in total. The molecule has 0 bridgehead atoms. The Kier molecular flexibility index (Phi) is 7.37. The number of nitro groups is 1. The van der Waals surface area contributed by atoms with E-state index >= 15 is 0 Å². The maximum absolute atomic E-state index is 14.5. The zero-order chi connectivity index (χ0) is 23.3. The third-order valence-electron chi connectivity index (χ3n) is 5.33. The van der Waals surface area contributed by atoms with E-state index in [2.05, 4.69) is 5.32 Å². The quantitative estimate of drug-likeness (QED) is 0.289. The number of carbonyl (C=O) groups is 2. The van der Waals surface area contributed by atoms with Crippen LogP contribution in [0.15, 0.2) is 36.4 Å². The minimum absolute atomic E-state index is 0.170. The lowest BCUT2D eigenvalue weighted by Gasteiger charge is -2.36. The number of methoxy groups -OCH3 is 1. The molecule has 0 saturated carbocycles. The molecule has 1 aliphatic rings. The number of ketones is 1. The summed E-state index contributed by atoms with van der Waals surface area (Å²) in [5, 5.41) is 14.3.